The standard InChI is InChI=1S/C13H23NO3/c1-2-17-13(15)10-4-3-5-11(8-10)14-12-6-7-16-9-12/h10-12,14H,2-9H2,1H3. The summed E-state index contributed by atoms with van der Waals surface area (Å²) in [6, 6.07) is 0.950. The molecular formula is C13H23NO3. The lowest BCUT2D eigenvalue weighted by Gasteiger charge is -2.30. The summed E-state index contributed by atoms with van der Waals surface area (Å²) in [4.78, 5) is 11.7. The first-order valence-corrected chi connectivity index (χ1v) is 6.80. The maximum absolute atomic E-state index is 11.7. The van der Waals surface area contributed by atoms with E-state index in [0.717, 1.165) is 38.9 Å². The molecule has 1 aliphatic carbocycles. The van der Waals surface area contributed by atoms with Crippen molar-refractivity contribution in [2.24, 2.45) is 5.92 Å². The van der Waals surface area contributed by atoms with E-state index in [9.17, 15) is 4.79 Å². The number of nitrogens with one attached hydrogen (secondary N) is 1. The quantitative estimate of drug-likeness (QED) is 0.757. The molecule has 2 rings (SSSR count). The first-order valence-electron chi connectivity index (χ1n) is 6.80. The predicted octanol–water partition coefficient (Wildman–Crippen LogP) is 1.49. The van der Waals surface area contributed by atoms with Crippen LogP contribution in [0.3, 0.4) is 0 Å². The third-order valence-electron chi connectivity index (χ3n) is 3.70. The fraction of sp³-hybridized carbons (Fsp3) is 0.923. The molecule has 3 atom stereocenters. The number of hydrogen-bond acceptors (Lipinski definition) is 4. The van der Waals surface area contributed by atoms with Gasteiger partial charge in [-0.15, -0.1) is 0 Å². The van der Waals surface area contributed by atoms with E-state index in [0.29, 0.717) is 18.7 Å². The van der Waals surface area contributed by atoms with Crippen LogP contribution >= 0.6 is 0 Å². The molecule has 1 aliphatic heterocycles. The summed E-state index contributed by atoms with van der Waals surface area (Å²) < 4.78 is 10.5. The predicted molar refractivity (Wildman–Crippen MR) is 64.7 cm³/mol. The molecule has 0 bridgehead atoms. The van der Waals surface area contributed by atoms with Gasteiger partial charge in [-0.25, -0.2) is 0 Å². The molecular weight excluding hydrogens is 218 g/mol. The SMILES string of the molecule is CCOC(=O)C1CCCC(NC2CCOC2)C1. The summed E-state index contributed by atoms with van der Waals surface area (Å²) in [6.45, 7) is 4.04. The second-order valence-corrected chi connectivity index (χ2v) is 5.04. The molecule has 2 fully saturated rings. The molecule has 98 valence electrons. The zero-order chi connectivity index (χ0) is 12.1. The van der Waals surface area contributed by atoms with Gasteiger partial charge in [0.25, 0.3) is 0 Å². The lowest BCUT2D eigenvalue weighted by molar-refractivity contribution is -0.149. The fourth-order valence-electron chi connectivity index (χ4n) is 2.81. The minimum Gasteiger partial charge on any atom is -0.466 e. The Balaban J connectivity index is 1.77. The summed E-state index contributed by atoms with van der Waals surface area (Å²) in [5, 5.41) is 3.61. The largest absolute Gasteiger partial charge is 0.466 e. The van der Waals surface area contributed by atoms with E-state index >= 15 is 0 Å². The zero-order valence-electron chi connectivity index (χ0n) is 10.6. The van der Waals surface area contributed by atoms with E-state index in [1.165, 1.54) is 6.42 Å². The van der Waals surface area contributed by atoms with Crippen molar-refractivity contribution in [1.29, 1.82) is 0 Å². The molecule has 4 nitrogen and oxygen atoms in total. The monoisotopic (exact) mass is 241 g/mol. The van der Waals surface area contributed by atoms with Crippen LogP contribution in [0.4, 0.5) is 0 Å². The normalized spacial score (nSPS) is 33.6. The second kappa shape index (κ2) is 6.36. The van der Waals surface area contributed by atoms with Crippen LogP contribution in [-0.2, 0) is 14.3 Å². The van der Waals surface area contributed by atoms with Crippen LogP contribution in [0.15, 0.2) is 0 Å². The van der Waals surface area contributed by atoms with Crippen LogP contribution < -0.4 is 5.32 Å². The molecule has 0 aromatic heterocycles. The smallest absolute Gasteiger partial charge is 0.308 e. The second-order valence-electron chi connectivity index (χ2n) is 5.04. The van der Waals surface area contributed by atoms with Gasteiger partial charge >= 0.3 is 5.97 Å². The third kappa shape index (κ3) is 3.68. The summed E-state index contributed by atoms with van der Waals surface area (Å²) in [6.07, 6.45) is 5.30. The van der Waals surface area contributed by atoms with Crippen LogP contribution in [0.1, 0.15) is 39.0 Å². The molecule has 0 amide bonds. The molecule has 4 heteroatoms. The molecule has 1 saturated heterocycles. The van der Waals surface area contributed by atoms with E-state index in [4.69, 9.17) is 9.47 Å². The highest BCUT2D eigenvalue weighted by Crippen LogP contribution is 2.26. The van der Waals surface area contributed by atoms with Crippen molar-refractivity contribution in [3.63, 3.8) is 0 Å². The Morgan fingerprint density at radius 1 is 1.35 bits per heavy atom. The van der Waals surface area contributed by atoms with E-state index in [1.807, 2.05) is 6.92 Å². The lowest BCUT2D eigenvalue weighted by Crippen LogP contribution is -2.42. The Morgan fingerprint density at radius 2 is 2.24 bits per heavy atom. The van der Waals surface area contributed by atoms with Gasteiger partial charge in [-0.1, -0.05) is 6.42 Å². The number of rotatable bonds is 4. The van der Waals surface area contributed by atoms with Crippen molar-refractivity contribution in [2.45, 2.75) is 51.1 Å². The van der Waals surface area contributed by atoms with Crippen LogP contribution in [0, 0.1) is 5.92 Å². The lowest BCUT2D eigenvalue weighted by atomic mass is 9.85. The Hall–Kier alpha value is -0.610. The molecule has 0 aromatic carbocycles. The summed E-state index contributed by atoms with van der Waals surface area (Å²) in [5.74, 6) is 0.0881. The highest BCUT2D eigenvalue weighted by Gasteiger charge is 2.29. The first-order chi connectivity index (χ1) is 8.29. The summed E-state index contributed by atoms with van der Waals surface area (Å²) >= 11 is 0. The topological polar surface area (TPSA) is 47.6 Å². The average Bonchev–Trinajstić information content (AvgIpc) is 2.82. The van der Waals surface area contributed by atoms with E-state index in [-0.39, 0.29) is 11.9 Å². The van der Waals surface area contributed by atoms with Gasteiger partial charge < -0.3 is 14.8 Å². The van der Waals surface area contributed by atoms with Crippen LogP contribution in [0.2, 0.25) is 0 Å². The van der Waals surface area contributed by atoms with E-state index in [1.54, 1.807) is 0 Å². The Kier molecular flexibility index (Phi) is 4.80. The Morgan fingerprint density at radius 3 is 2.94 bits per heavy atom. The van der Waals surface area contributed by atoms with Gasteiger partial charge in [-0.3, -0.25) is 4.79 Å². The molecule has 1 heterocycles. The maximum atomic E-state index is 11.7. The van der Waals surface area contributed by atoms with Crippen molar-refractivity contribution in [1.82, 2.24) is 5.32 Å². The van der Waals surface area contributed by atoms with Gasteiger partial charge in [0.2, 0.25) is 0 Å². The number of ether oxygens (including phenoxy) is 2. The highest BCUT2D eigenvalue weighted by atomic mass is 16.5. The van der Waals surface area contributed by atoms with Gasteiger partial charge in [0.05, 0.1) is 19.1 Å². The zero-order valence-corrected chi connectivity index (χ0v) is 10.6. The van der Waals surface area contributed by atoms with Crippen LogP contribution in [0.5, 0.6) is 0 Å². The molecule has 0 radical (unpaired) electrons. The van der Waals surface area contributed by atoms with Gasteiger partial charge in [0.15, 0.2) is 0 Å². The molecule has 1 N–H and O–H groups in total. The number of carbonyl (C=O) groups is 1. The fourth-order valence-corrected chi connectivity index (χ4v) is 2.81. The van der Waals surface area contributed by atoms with Gasteiger partial charge in [0.1, 0.15) is 0 Å². The number of hydrogen-bond donors (Lipinski definition) is 1. The third-order valence-corrected chi connectivity index (χ3v) is 3.70. The van der Waals surface area contributed by atoms with Crippen LogP contribution in [-0.4, -0.2) is 37.9 Å². The highest BCUT2D eigenvalue weighted by molar-refractivity contribution is 5.72. The van der Waals surface area contributed by atoms with Gasteiger partial charge in [0, 0.05) is 18.7 Å². The van der Waals surface area contributed by atoms with Gasteiger partial charge in [-0.2, -0.15) is 0 Å². The minimum atomic E-state index is -0.0123. The van der Waals surface area contributed by atoms with Crippen molar-refractivity contribution >= 4 is 5.97 Å². The Bertz CT molecular complexity index is 251. The molecule has 3 unspecified atom stereocenters. The molecule has 0 aromatic rings. The van der Waals surface area contributed by atoms with E-state index in [2.05, 4.69) is 5.32 Å². The number of esters is 1. The van der Waals surface area contributed by atoms with Crippen LogP contribution in [0.25, 0.3) is 0 Å². The summed E-state index contributed by atoms with van der Waals surface area (Å²) in [7, 11) is 0. The molecule has 17 heavy (non-hydrogen) atoms. The van der Waals surface area contributed by atoms with E-state index < -0.39 is 0 Å². The maximum Gasteiger partial charge on any atom is 0.308 e. The molecule has 0 spiro atoms. The van der Waals surface area contributed by atoms with Crippen molar-refractivity contribution in [3.8, 4) is 0 Å². The van der Waals surface area contributed by atoms with Gasteiger partial charge in [-0.05, 0) is 32.6 Å². The molecule has 2 aliphatic rings. The average molecular weight is 241 g/mol. The number of carbonyl (C=O) groups excluding carboxylic acids is 1. The Labute approximate surface area is 103 Å². The van der Waals surface area contributed by atoms with Crippen molar-refractivity contribution in [3.05, 3.63) is 0 Å². The van der Waals surface area contributed by atoms with Crippen molar-refractivity contribution < 1.29 is 14.3 Å². The van der Waals surface area contributed by atoms with Crippen molar-refractivity contribution in [2.75, 3.05) is 19.8 Å². The summed E-state index contributed by atoms with van der Waals surface area (Å²) in [5.41, 5.74) is 0. The molecule has 1 saturated carbocycles. The minimum absolute atomic E-state index is 0.0123. The first kappa shape index (κ1) is 12.8.